The quantitative estimate of drug-likeness (QED) is 0.876. The monoisotopic (exact) mass is 279 g/mol. The third-order valence-corrected chi connectivity index (χ3v) is 3.22. The van der Waals surface area contributed by atoms with Gasteiger partial charge in [0.2, 0.25) is 0 Å². The normalized spacial score (nSPS) is 10.4. The smallest absolute Gasteiger partial charge is 0.182 e. The van der Waals surface area contributed by atoms with Gasteiger partial charge in [0.15, 0.2) is 11.6 Å². The minimum Gasteiger partial charge on any atom is -0.378 e. The molecule has 1 N–H and O–H groups in total. The van der Waals surface area contributed by atoms with Crippen molar-refractivity contribution in [2.75, 3.05) is 5.32 Å². The molecule has 0 unspecified atom stereocenters. The van der Waals surface area contributed by atoms with E-state index in [4.69, 9.17) is 5.26 Å². The Morgan fingerprint density at radius 1 is 1.25 bits per heavy atom. The molecule has 0 fully saturated rings. The summed E-state index contributed by atoms with van der Waals surface area (Å²) in [6.07, 6.45) is 0. The van der Waals surface area contributed by atoms with Crippen molar-refractivity contribution in [3.05, 3.63) is 52.6 Å². The van der Waals surface area contributed by atoms with Crippen LogP contribution in [0.15, 0.2) is 18.2 Å². The second-order valence-corrected chi connectivity index (χ2v) is 4.41. The molecule has 3 nitrogen and oxygen atoms in total. The number of aromatic nitrogens is 1. The zero-order valence-electron chi connectivity index (χ0n) is 11.0. The fraction of sp³-hybridized carbons (Fsp3) is 0.214. The molecule has 2 aromatic rings. The van der Waals surface area contributed by atoms with Gasteiger partial charge in [0.05, 0.1) is 5.69 Å². The first-order valence-corrected chi connectivity index (χ1v) is 5.87. The summed E-state index contributed by atoms with van der Waals surface area (Å²) in [5.41, 5.74) is 1.80. The predicted octanol–water partition coefficient (Wildman–Crippen LogP) is 3.23. The van der Waals surface area contributed by atoms with Gasteiger partial charge < -0.3 is 9.88 Å². The van der Waals surface area contributed by atoms with E-state index in [1.54, 1.807) is 24.6 Å². The summed E-state index contributed by atoms with van der Waals surface area (Å²) in [7, 11) is 1.74. The standard InChI is InChI=1S/C14H12F3N3/c1-8-9(3-11(6-18)20(8)2)7-19-13-5-10(15)4-12(16)14(13)17/h3-5,19H,7H2,1-2H3. The molecule has 0 aliphatic carbocycles. The van der Waals surface area contributed by atoms with Crippen molar-refractivity contribution in [3.63, 3.8) is 0 Å². The van der Waals surface area contributed by atoms with Crippen LogP contribution >= 0.6 is 0 Å². The Labute approximate surface area is 114 Å². The van der Waals surface area contributed by atoms with Crippen molar-refractivity contribution in [3.8, 4) is 6.07 Å². The lowest BCUT2D eigenvalue weighted by Gasteiger charge is -2.08. The molecule has 1 aromatic carbocycles. The van der Waals surface area contributed by atoms with Crippen LogP contribution in [-0.2, 0) is 13.6 Å². The summed E-state index contributed by atoms with van der Waals surface area (Å²) in [4.78, 5) is 0. The molecule has 0 atom stereocenters. The van der Waals surface area contributed by atoms with Gasteiger partial charge in [-0.2, -0.15) is 5.26 Å². The van der Waals surface area contributed by atoms with Crippen molar-refractivity contribution in [1.82, 2.24) is 4.57 Å². The Kier molecular flexibility index (Phi) is 3.70. The topological polar surface area (TPSA) is 40.8 Å². The molecule has 104 valence electrons. The summed E-state index contributed by atoms with van der Waals surface area (Å²) in [5, 5.41) is 11.5. The number of hydrogen-bond acceptors (Lipinski definition) is 2. The van der Waals surface area contributed by atoms with Gasteiger partial charge in [-0.05, 0) is 18.6 Å². The summed E-state index contributed by atoms with van der Waals surface area (Å²) in [6, 6.07) is 5.05. The summed E-state index contributed by atoms with van der Waals surface area (Å²) >= 11 is 0. The number of anilines is 1. The van der Waals surface area contributed by atoms with E-state index in [1.165, 1.54) is 0 Å². The number of nitrogens with one attached hydrogen (secondary N) is 1. The highest BCUT2D eigenvalue weighted by molar-refractivity contribution is 5.47. The summed E-state index contributed by atoms with van der Waals surface area (Å²) in [6.45, 7) is 1.97. The fourth-order valence-electron chi connectivity index (χ4n) is 1.92. The maximum absolute atomic E-state index is 13.5. The van der Waals surface area contributed by atoms with Gasteiger partial charge in [-0.1, -0.05) is 0 Å². The number of rotatable bonds is 3. The summed E-state index contributed by atoms with van der Waals surface area (Å²) < 4.78 is 41.3. The highest BCUT2D eigenvalue weighted by Crippen LogP contribution is 2.21. The van der Waals surface area contributed by atoms with Crippen molar-refractivity contribution in [2.24, 2.45) is 7.05 Å². The fourth-order valence-corrected chi connectivity index (χ4v) is 1.92. The van der Waals surface area contributed by atoms with Crippen LogP contribution in [0.4, 0.5) is 18.9 Å². The molecular weight excluding hydrogens is 267 g/mol. The van der Waals surface area contributed by atoms with Crippen molar-refractivity contribution < 1.29 is 13.2 Å². The van der Waals surface area contributed by atoms with E-state index in [1.807, 2.05) is 6.07 Å². The minimum absolute atomic E-state index is 0.168. The first kappa shape index (κ1) is 14.0. The average Bonchev–Trinajstić information content (AvgIpc) is 2.68. The molecular formula is C14H12F3N3. The van der Waals surface area contributed by atoms with E-state index >= 15 is 0 Å². The van der Waals surface area contributed by atoms with E-state index in [0.29, 0.717) is 11.8 Å². The van der Waals surface area contributed by atoms with E-state index in [-0.39, 0.29) is 12.2 Å². The maximum atomic E-state index is 13.5. The van der Waals surface area contributed by atoms with E-state index in [9.17, 15) is 13.2 Å². The van der Waals surface area contributed by atoms with Crippen LogP contribution in [0.25, 0.3) is 0 Å². The number of hydrogen-bond donors (Lipinski definition) is 1. The Morgan fingerprint density at radius 2 is 1.95 bits per heavy atom. The van der Waals surface area contributed by atoms with Gasteiger partial charge >= 0.3 is 0 Å². The Balaban J connectivity index is 2.24. The first-order chi connectivity index (χ1) is 9.43. The molecule has 0 bridgehead atoms. The number of nitriles is 1. The van der Waals surface area contributed by atoms with Gasteiger partial charge in [0, 0.05) is 31.4 Å². The number of benzene rings is 1. The second-order valence-electron chi connectivity index (χ2n) is 4.41. The van der Waals surface area contributed by atoms with Gasteiger partial charge in [-0.25, -0.2) is 13.2 Å². The van der Waals surface area contributed by atoms with Crippen LogP contribution < -0.4 is 5.32 Å². The zero-order chi connectivity index (χ0) is 14.9. The van der Waals surface area contributed by atoms with Gasteiger partial charge in [-0.3, -0.25) is 0 Å². The van der Waals surface area contributed by atoms with Crippen molar-refractivity contribution >= 4 is 5.69 Å². The third kappa shape index (κ3) is 2.48. The molecule has 0 saturated heterocycles. The SMILES string of the molecule is Cc1c(CNc2cc(F)cc(F)c2F)cc(C#N)n1C. The van der Waals surface area contributed by atoms with Gasteiger partial charge in [0.1, 0.15) is 17.6 Å². The van der Waals surface area contributed by atoms with Crippen LogP contribution in [0.5, 0.6) is 0 Å². The van der Waals surface area contributed by atoms with Crippen LogP contribution in [0.3, 0.4) is 0 Å². The third-order valence-electron chi connectivity index (χ3n) is 3.22. The summed E-state index contributed by atoms with van der Waals surface area (Å²) in [5.74, 6) is -3.22. The molecule has 6 heteroatoms. The second kappa shape index (κ2) is 5.29. The Morgan fingerprint density at radius 3 is 2.55 bits per heavy atom. The number of nitrogens with zero attached hydrogens (tertiary/aromatic N) is 2. The zero-order valence-corrected chi connectivity index (χ0v) is 11.0. The lowest BCUT2D eigenvalue weighted by atomic mass is 10.2. The van der Waals surface area contributed by atoms with Crippen LogP contribution in [0.1, 0.15) is 17.0 Å². The molecule has 0 radical (unpaired) electrons. The van der Waals surface area contributed by atoms with E-state index in [0.717, 1.165) is 17.3 Å². The maximum Gasteiger partial charge on any atom is 0.182 e. The van der Waals surface area contributed by atoms with Gasteiger partial charge in [0.25, 0.3) is 0 Å². The van der Waals surface area contributed by atoms with Crippen LogP contribution in [0.2, 0.25) is 0 Å². The molecule has 0 amide bonds. The number of halogens is 3. The predicted molar refractivity (Wildman–Crippen MR) is 68.5 cm³/mol. The highest BCUT2D eigenvalue weighted by atomic mass is 19.2. The molecule has 0 aliphatic heterocycles. The van der Waals surface area contributed by atoms with Crippen molar-refractivity contribution in [1.29, 1.82) is 5.26 Å². The Bertz CT molecular complexity index is 699. The lowest BCUT2D eigenvalue weighted by Crippen LogP contribution is -2.04. The van der Waals surface area contributed by atoms with E-state index in [2.05, 4.69) is 5.32 Å². The van der Waals surface area contributed by atoms with Crippen LogP contribution in [-0.4, -0.2) is 4.57 Å². The largest absolute Gasteiger partial charge is 0.378 e. The highest BCUT2D eigenvalue weighted by Gasteiger charge is 2.13. The Hall–Kier alpha value is -2.42. The molecule has 0 spiro atoms. The molecule has 1 aromatic heterocycles. The molecule has 2 rings (SSSR count). The first-order valence-electron chi connectivity index (χ1n) is 5.87. The van der Waals surface area contributed by atoms with Crippen molar-refractivity contribution in [2.45, 2.75) is 13.5 Å². The molecule has 0 saturated carbocycles. The molecule has 0 aliphatic rings. The van der Waals surface area contributed by atoms with E-state index < -0.39 is 17.5 Å². The molecule has 20 heavy (non-hydrogen) atoms. The van der Waals surface area contributed by atoms with Gasteiger partial charge in [-0.15, -0.1) is 0 Å². The molecule has 1 heterocycles. The minimum atomic E-state index is -1.24. The average molecular weight is 279 g/mol. The lowest BCUT2D eigenvalue weighted by molar-refractivity contribution is 0.497. The van der Waals surface area contributed by atoms with Crippen LogP contribution in [0, 0.1) is 35.7 Å².